The van der Waals surface area contributed by atoms with Gasteiger partial charge in [-0.2, -0.15) is 5.26 Å². The van der Waals surface area contributed by atoms with E-state index in [0.717, 1.165) is 54.5 Å². The van der Waals surface area contributed by atoms with Crippen LogP contribution in [0.5, 0.6) is 0 Å². The Morgan fingerprint density at radius 1 is 1.20 bits per heavy atom. The maximum atomic E-state index is 13.9. The molecule has 8 heteroatoms. The van der Waals surface area contributed by atoms with Crippen molar-refractivity contribution in [3.8, 4) is 6.07 Å². The van der Waals surface area contributed by atoms with E-state index in [0.29, 0.717) is 36.2 Å². The summed E-state index contributed by atoms with van der Waals surface area (Å²) in [5.41, 5.74) is 9.70. The van der Waals surface area contributed by atoms with Crippen molar-refractivity contribution in [3.05, 3.63) is 76.1 Å². The summed E-state index contributed by atoms with van der Waals surface area (Å²) in [6.07, 6.45) is 9.61. The number of pyridine rings is 1. The van der Waals surface area contributed by atoms with Crippen molar-refractivity contribution in [1.82, 2.24) is 19.1 Å². The van der Waals surface area contributed by atoms with Gasteiger partial charge in [-0.05, 0) is 37.1 Å². The van der Waals surface area contributed by atoms with Gasteiger partial charge >= 0.3 is 0 Å². The first-order valence-corrected chi connectivity index (χ1v) is 12.2. The molecule has 0 bridgehead atoms. The molecule has 0 spiro atoms. The van der Waals surface area contributed by atoms with Gasteiger partial charge in [-0.15, -0.1) is 0 Å². The summed E-state index contributed by atoms with van der Waals surface area (Å²) >= 11 is 0. The lowest BCUT2D eigenvalue weighted by Gasteiger charge is -2.33. The van der Waals surface area contributed by atoms with E-state index < -0.39 is 0 Å². The SMILES string of the molecule is N#Cc1c(N2CCC[C@H](N)C2)n(CC=C2CC2)c2c(=O)n(Cc3nccc4ccccc34)cnc12. The average molecular weight is 466 g/mol. The second-order valence-corrected chi connectivity index (χ2v) is 9.49. The van der Waals surface area contributed by atoms with Gasteiger partial charge in [0, 0.05) is 37.3 Å². The summed E-state index contributed by atoms with van der Waals surface area (Å²) in [6, 6.07) is 12.4. The van der Waals surface area contributed by atoms with Crippen LogP contribution in [0.2, 0.25) is 0 Å². The molecule has 1 aliphatic carbocycles. The molecule has 35 heavy (non-hydrogen) atoms. The van der Waals surface area contributed by atoms with Crippen molar-refractivity contribution in [1.29, 1.82) is 5.26 Å². The van der Waals surface area contributed by atoms with E-state index in [4.69, 9.17) is 5.73 Å². The lowest BCUT2D eigenvalue weighted by Crippen LogP contribution is -2.44. The third-order valence-electron chi connectivity index (χ3n) is 7.05. The highest BCUT2D eigenvalue weighted by molar-refractivity contribution is 5.89. The van der Waals surface area contributed by atoms with E-state index >= 15 is 0 Å². The first kappa shape index (κ1) is 21.6. The molecule has 0 amide bonds. The highest BCUT2D eigenvalue weighted by Gasteiger charge is 2.28. The largest absolute Gasteiger partial charge is 0.355 e. The molecular weight excluding hydrogens is 438 g/mol. The summed E-state index contributed by atoms with van der Waals surface area (Å²) in [7, 11) is 0. The number of nitrogens with zero attached hydrogens (tertiary/aromatic N) is 6. The topological polar surface area (TPSA) is 106 Å². The van der Waals surface area contributed by atoms with E-state index in [9.17, 15) is 10.1 Å². The smallest absolute Gasteiger partial charge is 0.278 e. The van der Waals surface area contributed by atoms with E-state index in [2.05, 4.69) is 27.0 Å². The van der Waals surface area contributed by atoms with Crippen molar-refractivity contribution >= 4 is 27.6 Å². The highest BCUT2D eigenvalue weighted by Crippen LogP contribution is 2.33. The fraction of sp³-hybridized carbons (Fsp3) is 0.333. The van der Waals surface area contributed by atoms with Gasteiger partial charge in [0.15, 0.2) is 0 Å². The quantitative estimate of drug-likeness (QED) is 0.453. The number of benzene rings is 1. The van der Waals surface area contributed by atoms with Crippen LogP contribution in [0.25, 0.3) is 21.8 Å². The molecule has 1 saturated carbocycles. The lowest BCUT2D eigenvalue weighted by atomic mass is 10.1. The van der Waals surface area contributed by atoms with Crippen LogP contribution >= 0.6 is 0 Å². The predicted octanol–water partition coefficient (Wildman–Crippen LogP) is 3.31. The molecule has 0 unspecified atom stereocenters. The number of allylic oxidation sites excluding steroid dienone is 2. The van der Waals surface area contributed by atoms with E-state index in [1.54, 1.807) is 17.1 Å². The number of hydrogen-bond donors (Lipinski definition) is 1. The first-order valence-electron chi connectivity index (χ1n) is 12.2. The molecular formula is C27H27N7O. The van der Waals surface area contributed by atoms with E-state index in [-0.39, 0.29) is 11.6 Å². The predicted molar refractivity (Wildman–Crippen MR) is 136 cm³/mol. The van der Waals surface area contributed by atoms with Crippen LogP contribution in [0.4, 0.5) is 5.82 Å². The molecule has 6 rings (SSSR count). The number of nitriles is 1. The second kappa shape index (κ2) is 8.67. The molecule has 176 valence electrons. The Morgan fingerprint density at radius 2 is 2.06 bits per heavy atom. The van der Waals surface area contributed by atoms with Crippen molar-refractivity contribution in [2.24, 2.45) is 5.73 Å². The lowest BCUT2D eigenvalue weighted by molar-refractivity contribution is 0.499. The fourth-order valence-electron chi connectivity index (χ4n) is 5.14. The normalized spacial score (nSPS) is 17.7. The molecule has 2 N–H and O–H groups in total. The van der Waals surface area contributed by atoms with Gasteiger partial charge in [-0.3, -0.25) is 14.3 Å². The molecule has 1 aliphatic heterocycles. The Kier molecular flexibility index (Phi) is 5.34. The number of piperidine rings is 1. The molecule has 2 aliphatic rings. The van der Waals surface area contributed by atoms with Crippen molar-refractivity contribution in [3.63, 3.8) is 0 Å². The molecule has 4 heterocycles. The summed E-state index contributed by atoms with van der Waals surface area (Å²) in [4.78, 5) is 25.2. The van der Waals surface area contributed by atoms with Crippen LogP contribution in [0.15, 0.2) is 59.3 Å². The van der Waals surface area contributed by atoms with Crippen LogP contribution in [0.3, 0.4) is 0 Å². The number of fused-ring (bicyclic) bond motifs is 2. The molecule has 3 aromatic heterocycles. The minimum atomic E-state index is -0.164. The van der Waals surface area contributed by atoms with Gasteiger partial charge in [0.1, 0.15) is 28.5 Å². The van der Waals surface area contributed by atoms with E-state index in [1.165, 1.54) is 5.57 Å². The van der Waals surface area contributed by atoms with E-state index in [1.807, 2.05) is 34.9 Å². The number of rotatable bonds is 5. The van der Waals surface area contributed by atoms with Crippen molar-refractivity contribution in [2.75, 3.05) is 18.0 Å². The van der Waals surface area contributed by atoms with Gasteiger partial charge in [-0.1, -0.05) is 35.9 Å². The molecule has 1 aromatic carbocycles. The number of anilines is 1. The van der Waals surface area contributed by atoms with Crippen molar-refractivity contribution in [2.45, 2.75) is 44.8 Å². The summed E-state index contributed by atoms with van der Waals surface area (Å²) in [5, 5.41) is 12.2. The van der Waals surface area contributed by atoms with Crippen LogP contribution in [0, 0.1) is 11.3 Å². The van der Waals surface area contributed by atoms with Crippen molar-refractivity contribution < 1.29 is 0 Å². The Hall–Kier alpha value is -3.96. The van der Waals surface area contributed by atoms with Gasteiger partial charge in [-0.25, -0.2) is 4.98 Å². The Labute approximate surface area is 202 Å². The molecule has 0 radical (unpaired) electrons. The van der Waals surface area contributed by atoms with Crippen LogP contribution in [-0.4, -0.2) is 38.2 Å². The molecule has 1 atom stereocenters. The molecule has 8 nitrogen and oxygen atoms in total. The minimum absolute atomic E-state index is 0.0468. The summed E-state index contributed by atoms with van der Waals surface area (Å²) in [6.45, 7) is 2.32. The first-order chi connectivity index (χ1) is 17.1. The Morgan fingerprint density at radius 3 is 2.86 bits per heavy atom. The summed E-state index contributed by atoms with van der Waals surface area (Å²) in [5.74, 6) is 0.765. The monoisotopic (exact) mass is 465 g/mol. The average Bonchev–Trinajstić information content (AvgIpc) is 3.65. The minimum Gasteiger partial charge on any atom is -0.355 e. The second-order valence-electron chi connectivity index (χ2n) is 9.49. The van der Waals surface area contributed by atoms with Crippen LogP contribution < -0.4 is 16.2 Å². The summed E-state index contributed by atoms with van der Waals surface area (Å²) < 4.78 is 3.59. The third kappa shape index (κ3) is 3.88. The van der Waals surface area contributed by atoms with Gasteiger partial charge in [0.2, 0.25) is 0 Å². The number of hydrogen-bond acceptors (Lipinski definition) is 6. The maximum Gasteiger partial charge on any atom is 0.278 e. The maximum absolute atomic E-state index is 13.9. The zero-order chi connectivity index (χ0) is 23.9. The zero-order valence-corrected chi connectivity index (χ0v) is 19.5. The fourth-order valence-corrected chi connectivity index (χ4v) is 5.14. The Bertz CT molecular complexity index is 1560. The molecule has 1 saturated heterocycles. The van der Waals surface area contributed by atoms with Gasteiger partial charge < -0.3 is 15.2 Å². The molecule has 4 aromatic rings. The number of nitrogens with two attached hydrogens (primary N) is 1. The van der Waals surface area contributed by atoms with Crippen LogP contribution in [-0.2, 0) is 13.1 Å². The van der Waals surface area contributed by atoms with Gasteiger partial charge in [0.05, 0.1) is 18.6 Å². The standard InChI is InChI=1S/C27H27N7O/c28-14-22-24-25(34(13-10-18-7-8-18)26(22)32-12-3-5-20(29)15-32)27(35)33(17-31-24)16-23-21-6-2-1-4-19(21)9-11-30-23/h1-2,4,6,9-11,17,20H,3,5,7-8,12-13,15-16,29H2/t20-/m0/s1. The molecule has 2 fully saturated rings. The van der Waals surface area contributed by atoms with Gasteiger partial charge in [0.25, 0.3) is 5.56 Å². The zero-order valence-electron chi connectivity index (χ0n) is 19.5. The Balaban J connectivity index is 1.52. The van der Waals surface area contributed by atoms with Crippen LogP contribution in [0.1, 0.15) is 36.9 Å². The number of aromatic nitrogens is 4. The third-order valence-corrected chi connectivity index (χ3v) is 7.05. The highest BCUT2D eigenvalue weighted by atomic mass is 16.1.